The summed E-state index contributed by atoms with van der Waals surface area (Å²) < 4.78 is 15.3. The van der Waals surface area contributed by atoms with Crippen molar-refractivity contribution in [3.05, 3.63) is 65.4 Å². The topological polar surface area (TPSA) is 29.9 Å². The largest absolute Gasteiger partial charge is 0.315 e. The third kappa shape index (κ3) is 1.78. The molecule has 0 amide bonds. The number of halogens is 1. The fraction of sp³-hybridized carbons (Fsp3) is 0.409. The fourth-order valence-corrected chi connectivity index (χ4v) is 5.66. The minimum Gasteiger partial charge on any atom is -0.315 e. The molecule has 0 bridgehead atoms. The van der Waals surface area contributed by atoms with E-state index in [4.69, 9.17) is 0 Å². The van der Waals surface area contributed by atoms with E-state index >= 15 is 0 Å². The highest BCUT2D eigenvalue weighted by Gasteiger charge is 2.76. The molecule has 1 saturated carbocycles. The smallest absolute Gasteiger partial charge is 0.189 e. The normalized spacial score (nSPS) is 31.2. The summed E-state index contributed by atoms with van der Waals surface area (Å²) in [6.07, 6.45) is 0.678. The Hall–Kier alpha value is -2.20. The molecule has 3 aromatic rings. The van der Waals surface area contributed by atoms with Crippen molar-refractivity contribution in [1.82, 2.24) is 15.1 Å². The molecule has 0 radical (unpaired) electrons. The lowest BCUT2D eigenvalue weighted by Gasteiger charge is -2.26. The second kappa shape index (κ2) is 5.17. The average Bonchev–Trinajstić information content (AvgIpc) is 3.04. The van der Waals surface area contributed by atoms with Crippen molar-refractivity contribution in [2.75, 3.05) is 13.1 Å². The molecule has 2 heterocycles. The summed E-state index contributed by atoms with van der Waals surface area (Å²) in [5, 5.41) is 8.89. The van der Waals surface area contributed by atoms with E-state index in [1.54, 1.807) is 6.20 Å². The standard InChI is InChI=1S/C22H24FN3/c1-14-9-19-16(11-25-26(19)15(2)23)10-18(14)22-13-24-12-20(22)21(22,3)17-7-5-4-6-8-17/h4-11,15,20,24H,12-13H2,1-3H3/t15?,20-,21-,22+/m0/s1. The first kappa shape index (κ1) is 16.0. The van der Waals surface area contributed by atoms with E-state index < -0.39 is 6.30 Å². The zero-order valence-electron chi connectivity index (χ0n) is 15.5. The lowest BCUT2D eigenvalue weighted by Crippen LogP contribution is -2.31. The number of nitrogens with zero attached hydrogens (tertiary/aromatic N) is 2. The minimum atomic E-state index is -1.12. The number of hydrogen-bond acceptors (Lipinski definition) is 2. The molecule has 3 nitrogen and oxygen atoms in total. The Kier molecular flexibility index (Phi) is 3.18. The van der Waals surface area contributed by atoms with Crippen LogP contribution in [0.2, 0.25) is 0 Å². The van der Waals surface area contributed by atoms with Crippen molar-refractivity contribution in [3.8, 4) is 0 Å². The summed E-state index contributed by atoms with van der Waals surface area (Å²) in [5.74, 6) is 0.587. The molecule has 4 atom stereocenters. The van der Waals surface area contributed by atoms with Gasteiger partial charge in [0.2, 0.25) is 0 Å². The third-order valence-electron chi connectivity index (χ3n) is 7.02. The molecule has 1 aliphatic carbocycles. The first-order chi connectivity index (χ1) is 12.5. The van der Waals surface area contributed by atoms with Crippen molar-refractivity contribution in [1.29, 1.82) is 0 Å². The molecule has 4 heteroatoms. The lowest BCUT2D eigenvalue weighted by molar-refractivity contribution is 0.253. The summed E-state index contributed by atoms with van der Waals surface area (Å²) in [6.45, 7) is 8.12. The fourth-order valence-electron chi connectivity index (χ4n) is 5.66. The van der Waals surface area contributed by atoms with Crippen LogP contribution in [0.4, 0.5) is 4.39 Å². The molecule has 26 heavy (non-hydrogen) atoms. The number of aromatic nitrogens is 2. The van der Waals surface area contributed by atoms with E-state index in [0.717, 1.165) is 24.0 Å². The molecule has 1 N–H and O–H groups in total. The number of alkyl halides is 1. The van der Waals surface area contributed by atoms with Gasteiger partial charge in [0.05, 0.1) is 11.7 Å². The quantitative estimate of drug-likeness (QED) is 0.766. The van der Waals surface area contributed by atoms with Crippen LogP contribution < -0.4 is 5.32 Å². The molecular weight excluding hydrogens is 325 g/mol. The van der Waals surface area contributed by atoms with Crippen LogP contribution >= 0.6 is 0 Å². The van der Waals surface area contributed by atoms with Crippen molar-refractivity contribution in [3.63, 3.8) is 0 Å². The third-order valence-corrected chi connectivity index (χ3v) is 7.02. The Morgan fingerprint density at radius 1 is 1.27 bits per heavy atom. The van der Waals surface area contributed by atoms with Crippen LogP contribution in [0.3, 0.4) is 0 Å². The molecule has 1 unspecified atom stereocenters. The van der Waals surface area contributed by atoms with Gasteiger partial charge in [-0.25, -0.2) is 9.07 Å². The highest BCUT2D eigenvalue weighted by Crippen LogP contribution is 2.72. The van der Waals surface area contributed by atoms with Crippen molar-refractivity contribution in [2.45, 2.75) is 37.9 Å². The molecule has 2 aromatic carbocycles. The zero-order valence-corrected chi connectivity index (χ0v) is 15.5. The molecule has 2 fully saturated rings. The van der Waals surface area contributed by atoms with Crippen molar-refractivity contribution in [2.24, 2.45) is 5.92 Å². The molecule has 2 aliphatic rings. The maximum Gasteiger partial charge on any atom is 0.189 e. The number of nitrogens with one attached hydrogen (secondary N) is 1. The molecular formula is C22H24FN3. The van der Waals surface area contributed by atoms with Gasteiger partial charge in [-0.05, 0) is 55.1 Å². The van der Waals surface area contributed by atoms with Gasteiger partial charge in [-0.1, -0.05) is 37.3 Å². The van der Waals surface area contributed by atoms with E-state index in [0.29, 0.717) is 5.92 Å². The van der Waals surface area contributed by atoms with Crippen LogP contribution in [0.15, 0.2) is 48.7 Å². The predicted octanol–water partition coefficient (Wildman–Crippen LogP) is 4.26. The summed E-state index contributed by atoms with van der Waals surface area (Å²) in [6, 6.07) is 15.2. The first-order valence-electron chi connectivity index (χ1n) is 9.39. The molecule has 0 spiro atoms. The van der Waals surface area contributed by atoms with E-state index in [1.165, 1.54) is 28.3 Å². The molecule has 1 saturated heterocycles. The van der Waals surface area contributed by atoms with Gasteiger partial charge in [0.1, 0.15) is 0 Å². The van der Waals surface area contributed by atoms with E-state index in [2.05, 4.69) is 66.7 Å². The Bertz CT molecular complexity index is 993. The van der Waals surface area contributed by atoms with Crippen molar-refractivity contribution >= 4 is 10.9 Å². The molecule has 1 aromatic heterocycles. The van der Waals surface area contributed by atoms with Gasteiger partial charge in [-0.2, -0.15) is 5.10 Å². The lowest BCUT2D eigenvalue weighted by atomic mass is 9.80. The molecule has 1 aliphatic heterocycles. The van der Waals surface area contributed by atoms with Gasteiger partial charge >= 0.3 is 0 Å². The number of rotatable bonds is 3. The number of piperidine rings is 1. The SMILES string of the molecule is Cc1cc2c(cnn2C(C)F)cc1[C@]12CNC[C@H]1[C@]2(C)c1ccccc1. The van der Waals surface area contributed by atoms with Gasteiger partial charge in [-0.3, -0.25) is 0 Å². The van der Waals surface area contributed by atoms with E-state index in [-0.39, 0.29) is 10.8 Å². The average molecular weight is 349 g/mol. The second-order valence-corrected chi connectivity index (χ2v) is 8.11. The Morgan fingerprint density at radius 3 is 2.77 bits per heavy atom. The highest BCUT2D eigenvalue weighted by molar-refractivity contribution is 5.82. The van der Waals surface area contributed by atoms with Gasteiger partial charge in [0, 0.05) is 22.8 Å². The van der Waals surface area contributed by atoms with Crippen LogP contribution in [-0.2, 0) is 10.8 Å². The number of fused-ring (bicyclic) bond motifs is 2. The monoisotopic (exact) mass is 349 g/mol. The second-order valence-electron chi connectivity index (χ2n) is 8.11. The highest BCUT2D eigenvalue weighted by atomic mass is 19.1. The summed E-state index contributed by atoms with van der Waals surface area (Å²) in [4.78, 5) is 0. The van der Waals surface area contributed by atoms with Gasteiger partial charge < -0.3 is 5.32 Å². The Balaban J connectivity index is 1.69. The van der Waals surface area contributed by atoms with Gasteiger partial charge in [0.15, 0.2) is 6.30 Å². The van der Waals surface area contributed by atoms with Gasteiger partial charge in [-0.15, -0.1) is 0 Å². The van der Waals surface area contributed by atoms with Crippen molar-refractivity contribution < 1.29 is 4.39 Å². The van der Waals surface area contributed by atoms with E-state index in [9.17, 15) is 4.39 Å². The van der Waals surface area contributed by atoms with Gasteiger partial charge in [0.25, 0.3) is 0 Å². The summed E-state index contributed by atoms with van der Waals surface area (Å²) in [7, 11) is 0. The van der Waals surface area contributed by atoms with Crippen LogP contribution in [0, 0.1) is 12.8 Å². The zero-order chi connectivity index (χ0) is 18.1. The Morgan fingerprint density at radius 2 is 2.04 bits per heavy atom. The molecule has 5 rings (SSSR count). The van der Waals surface area contributed by atoms with Crippen LogP contribution in [0.5, 0.6) is 0 Å². The molecule has 134 valence electrons. The minimum absolute atomic E-state index is 0.107. The van der Waals surface area contributed by atoms with Crippen LogP contribution in [0.1, 0.15) is 36.8 Å². The van der Waals surface area contributed by atoms with E-state index in [1.807, 2.05) is 0 Å². The summed E-state index contributed by atoms with van der Waals surface area (Å²) in [5.41, 5.74) is 5.16. The maximum atomic E-state index is 13.8. The summed E-state index contributed by atoms with van der Waals surface area (Å²) >= 11 is 0. The first-order valence-corrected chi connectivity index (χ1v) is 9.39. The number of aryl methyl sites for hydroxylation is 1. The van der Waals surface area contributed by atoms with Crippen LogP contribution in [-0.4, -0.2) is 22.9 Å². The Labute approximate surface area is 153 Å². The number of hydrogen-bond donors (Lipinski definition) is 1. The maximum absolute atomic E-state index is 13.8. The number of benzene rings is 2. The van der Waals surface area contributed by atoms with Crippen LogP contribution in [0.25, 0.3) is 10.9 Å². The predicted molar refractivity (Wildman–Crippen MR) is 102 cm³/mol.